The van der Waals surface area contributed by atoms with E-state index in [2.05, 4.69) is 19.5 Å². The SMILES string of the molecule is O[C@]1(CN2CCN(c3nc(-c4ccccc4)ns3)CC2)CCCNC1. The zero-order valence-corrected chi connectivity index (χ0v) is 15.2. The van der Waals surface area contributed by atoms with Crippen LogP contribution in [0, 0.1) is 0 Å². The molecule has 0 bridgehead atoms. The van der Waals surface area contributed by atoms with Gasteiger partial charge in [0, 0.05) is 56.4 Å². The summed E-state index contributed by atoms with van der Waals surface area (Å²) in [7, 11) is 0. The molecule has 0 spiro atoms. The van der Waals surface area contributed by atoms with E-state index in [9.17, 15) is 5.11 Å². The van der Waals surface area contributed by atoms with Gasteiger partial charge in [-0.1, -0.05) is 30.3 Å². The molecule has 0 amide bonds. The first-order valence-electron chi connectivity index (χ1n) is 9.01. The van der Waals surface area contributed by atoms with E-state index >= 15 is 0 Å². The Morgan fingerprint density at radius 1 is 1.16 bits per heavy atom. The van der Waals surface area contributed by atoms with Gasteiger partial charge < -0.3 is 15.3 Å². The Kier molecular flexibility index (Phi) is 4.98. The number of nitrogens with one attached hydrogen (secondary N) is 1. The molecule has 6 nitrogen and oxygen atoms in total. The fourth-order valence-corrected chi connectivity index (χ4v) is 4.39. The molecule has 2 aliphatic rings. The molecule has 0 aliphatic carbocycles. The number of β-amino-alcohol motifs (C(OH)–C–C–N with tert-alkyl or cyclic N) is 1. The van der Waals surface area contributed by atoms with Crippen molar-refractivity contribution < 1.29 is 5.11 Å². The number of benzene rings is 1. The van der Waals surface area contributed by atoms with Gasteiger partial charge >= 0.3 is 0 Å². The highest BCUT2D eigenvalue weighted by Crippen LogP contribution is 2.25. The van der Waals surface area contributed by atoms with Crippen molar-refractivity contribution in [1.29, 1.82) is 0 Å². The lowest BCUT2D eigenvalue weighted by Gasteiger charge is -2.41. The summed E-state index contributed by atoms with van der Waals surface area (Å²) >= 11 is 1.47. The Balaban J connectivity index is 1.34. The maximum Gasteiger partial charge on any atom is 0.205 e. The largest absolute Gasteiger partial charge is 0.387 e. The Morgan fingerprint density at radius 2 is 1.96 bits per heavy atom. The lowest BCUT2D eigenvalue weighted by Crippen LogP contribution is -2.56. The smallest absolute Gasteiger partial charge is 0.205 e. The summed E-state index contributed by atoms with van der Waals surface area (Å²) in [6.45, 7) is 6.30. The van der Waals surface area contributed by atoms with Crippen LogP contribution in [0.3, 0.4) is 0 Å². The van der Waals surface area contributed by atoms with Gasteiger partial charge in [0.25, 0.3) is 0 Å². The molecule has 1 aromatic heterocycles. The molecule has 2 aliphatic heterocycles. The summed E-state index contributed by atoms with van der Waals surface area (Å²) in [5.74, 6) is 0.811. The molecule has 25 heavy (non-hydrogen) atoms. The minimum atomic E-state index is -0.566. The van der Waals surface area contributed by atoms with Crippen LogP contribution >= 0.6 is 11.5 Å². The van der Waals surface area contributed by atoms with E-state index in [1.807, 2.05) is 30.3 Å². The number of piperazine rings is 1. The summed E-state index contributed by atoms with van der Waals surface area (Å²) in [5, 5.41) is 15.0. The second-order valence-corrected chi connectivity index (χ2v) is 7.76. The van der Waals surface area contributed by atoms with E-state index in [0.717, 1.165) is 68.6 Å². The number of hydrogen-bond acceptors (Lipinski definition) is 7. The summed E-state index contributed by atoms with van der Waals surface area (Å²) in [6, 6.07) is 10.1. The molecular formula is C18H25N5OS. The van der Waals surface area contributed by atoms with Crippen molar-refractivity contribution in [2.24, 2.45) is 0 Å². The molecule has 2 saturated heterocycles. The first kappa shape index (κ1) is 16.9. The van der Waals surface area contributed by atoms with Crippen LogP contribution in [0.15, 0.2) is 30.3 Å². The minimum Gasteiger partial charge on any atom is -0.387 e. The third kappa shape index (κ3) is 4.00. The van der Waals surface area contributed by atoms with Crippen LogP contribution in [0.1, 0.15) is 12.8 Å². The van der Waals surface area contributed by atoms with Crippen molar-refractivity contribution in [3.8, 4) is 11.4 Å². The molecule has 4 rings (SSSR count). The highest BCUT2D eigenvalue weighted by atomic mass is 32.1. The van der Waals surface area contributed by atoms with Gasteiger partial charge in [0.15, 0.2) is 5.82 Å². The van der Waals surface area contributed by atoms with E-state index in [1.165, 1.54) is 11.5 Å². The molecule has 2 aromatic rings. The van der Waals surface area contributed by atoms with Gasteiger partial charge in [-0.15, -0.1) is 0 Å². The third-order valence-corrected chi connectivity index (χ3v) is 5.83. The van der Waals surface area contributed by atoms with Gasteiger partial charge in [-0.25, -0.2) is 0 Å². The monoisotopic (exact) mass is 359 g/mol. The van der Waals surface area contributed by atoms with Gasteiger partial charge in [0.05, 0.1) is 5.60 Å². The normalized spacial score (nSPS) is 25.2. The molecule has 0 unspecified atom stereocenters. The van der Waals surface area contributed by atoms with Crippen LogP contribution in [0.25, 0.3) is 11.4 Å². The molecule has 3 heterocycles. The average Bonchev–Trinajstić information content (AvgIpc) is 3.13. The topological polar surface area (TPSA) is 64.5 Å². The molecule has 2 N–H and O–H groups in total. The van der Waals surface area contributed by atoms with Crippen molar-refractivity contribution in [3.05, 3.63) is 30.3 Å². The van der Waals surface area contributed by atoms with E-state index < -0.39 is 5.60 Å². The zero-order chi connectivity index (χ0) is 17.1. The molecule has 0 radical (unpaired) electrons. The first-order valence-corrected chi connectivity index (χ1v) is 9.79. The van der Waals surface area contributed by atoms with Crippen LogP contribution in [0.2, 0.25) is 0 Å². The Bertz CT molecular complexity index is 678. The fraction of sp³-hybridized carbons (Fsp3) is 0.556. The number of rotatable bonds is 4. The summed E-state index contributed by atoms with van der Waals surface area (Å²) in [4.78, 5) is 9.40. The number of hydrogen-bond donors (Lipinski definition) is 2. The van der Waals surface area contributed by atoms with Crippen molar-refractivity contribution in [2.45, 2.75) is 18.4 Å². The molecule has 1 aromatic carbocycles. The van der Waals surface area contributed by atoms with Crippen LogP contribution < -0.4 is 10.2 Å². The van der Waals surface area contributed by atoms with Crippen molar-refractivity contribution in [2.75, 3.05) is 50.7 Å². The minimum absolute atomic E-state index is 0.566. The van der Waals surface area contributed by atoms with Gasteiger partial charge in [-0.3, -0.25) is 4.90 Å². The maximum absolute atomic E-state index is 10.7. The maximum atomic E-state index is 10.7. The molecule has 134 valence electrons. The first-order chi connectivity index (χ1) is 12.2. The average molecular weight is 359 g/mol. The van der Waals surface area contributed by atoms with E-state index in [-0.39, 0.29) is 0 Å². The number of aliphatic hydroxyl groups is 1. The zero-order valence-electron chi connectivity index (χ0n) is 14.4. The Morgan fingerprint density at radius 3 is 2.68 bits per heavy atom. The van der Waals surface area contributed by atoms with Gasteiger partial charge in [-0.05, 0) is 19.4 Å². The van der Waals surface area contributed by atoms with Crippen molar-refractivity contribution >= 4 is 16.7 Å². The van der Waals surface area contributed by atoms with Crippen LogP contribution in [0.5, 0.6) is 0 Å². The molecule has 2 fully saturated rings. The Hall–Kier alpha value is -1.54. The fourth-order valence-electron chi connectivity index (χ4n) is 3.65. The van der Waals surface area contributed by atoms with Gasteiger partial charge in [0.1, 0.15) is 0 Å². The van der Waals surface area contributed by atoms with Crippen LogP contribution in [-0.2, 0) is 0 Å². The lowest BCUT2D eigenvalue weighted by atomic mass is 9.93. The van der Waals surface area contributed by atoms with Crippen LogP contribution in [-0.4, -0.2) is 70.8 Å². The number of piperidine rings is 1. The van der Waals surface area contributed by atoms with E-state index in [0.29, 0.717) is 6.54 Å². The van der Waals surface area contributed by atoms with Gasteiger partial charge in [-0.2, -0.15) is 9.36 Å². The van der Waals surface area contributed by atoms with E-state index in [1.54, 1.807) is 0 Å². The predicted molar refractivity (Wildman–Crippen MR) is 101 cm³/mol. The highest BCUT2D eigenvalue weighted by Gasteiger charge is 2.32. The van der Waals surface area contributed by atoms with E-state index in [4.69, 9.17) is 4.98 Å². The Labute approximate surface area is 152 Å². The standard InChI is InChI=1S/C18H25N5OS/c24-18(7-4-8-19-13-18)14-22-9-11-23(12-10-22)17-20-16(21-25-17)15-5-2-1-3-6-15/h1-3,5-6,19,24H,4,7-14H2/t18-/m1/s1. The summed E-state index contributed by atoms with van der Waals surface area (Å²) in [5.41, 5.74) is 0.500. The molecule has 7 heteroatoms. The van der Waals surface area contributed by atoms with Crippen LogP contribution in [0.4, 0.5) is 5.13 Å². The molecule has 0 saturated carbocycles. The van der Waals surface area contributed by atoms with Crippen molar-refractivity contribution in [1.82, 2.24) is 19.6 Å². The predicted octanol–water partition coefficient (Wildman–Crippen LogP) is 1.44. The summed E-state index contributed by atoms with van der Waals surface area (Å²) < 4.78 is 4.51. The molecular weight excluding hydrogens is 334 g/mol. The third-order valence-electron chi connectivity index (χ3n) is 5.06. The van der Waals surface area contributed by atoms with Gasteiger partial charge in [0.2, 0.25) is 5.13 Å². The quantitative estimate of drug-likeness (QED) is 0.861. The number of nitrogens with zero attached hydrogens (tertiary/aromatic N) is 4. The second-order valence-electron chi connectivity index (χ2n) is 7.03. The second kappa shape index (κ2) is 7.37. The van der Waals surface area contributed by atoms with Crippen molar-refractivity contribution in [3.63, 3.8) is 0 Å². The number of aromatic nitrogens is 2. The summed E-state index contributed by atoms with van der Waals surface area (Å²) in [6.07, 6.45) is 1.96. The molecule has 1 atom stereocenters. The highest BCUT2D eigenvalue weighted by molar-refractivity contribution is 7.09. The number of anilines is 1. The lowest BCUT2D eigenvalue weighted by molar-refractivity contribution is -0.0164.